The molecule has 0 aliphatic carbocycles. The molecule has 3 fully saturated rings. The summed E-state index contributed by atoms with van der Waals surface area (Å²) in [7, 11) is 0. The quantitative estimate of drug-likeness (QED) is 0.735. The van der Waals surface area contributed by atoms with Crippen LogP contribution in [0.15, 0.2) is 47.4 Å². The fourth-order valence-corrected chi connectivity index (χ4v) is 5.20. The summed E-state index contributed by atoms with van der Waals surface area (Å²) >= 11 is 1.69. The van der Waals surface area contributed by atoms with E-state index in [0.717, 1.165) is 31.2 Å². The molecule has 6 heteroatoms. The van der Waals surface area contributed by atoms with Gasteiger partial charge < -0.3 is 0 Å². The third kappa shape index (κ3) is 3.70. The molecular weight excluding hydrogens is 354 g/mol. The minimum absolute atomic E-state index is 0.626. The molecule has 5 nitrogen and oxygen atoms in total. The van der Waals surface area contributed by atoms with Gasteiger partial charge in [0.1, 0.15) is 0 Å². The minimum Gasteiger partial charge on any atom is -0.296 e. The highest BCUT2D eigenvalue weighted by molar-refractivity contribution is 7.07. The zero-order valence-corrected chi connectivity index (χ0v) is 16.2. The molecule has 3 aliphatic rings. The van der Waals surface area contributed by atoms with Crippen LogP contribution in [-0.2, 0) is 13.1 Å². The van der Waals surface area contributed by atoms with E-state index >= 15 is 0 Å². The molecular formula is C21H25N5S. The molecule has 140 valence electrons. The van der Waals surface area contributed by atoms with E-state index in [1.54, 1.807) is 11.3 Å². The van der Waals surface area contributed by atoms with Crippen LogP contribution < -0.4 is 0 Å². The van der Waals surface area contributed by atoms with E-state index in [9.17, 15) is 0 Å². The molecule has 5 heterocycles. The second kappa shape index (κ2) is 7.54. The first kappa shape index (κ1) is 17.1. The summed E-state index contributed by atoms with van der Waals surface area (Å²) in [5, 5.41) is 9.74. The molecule has 1 aromatic carbocycles. The summed E-state index contributed by atoms with van der Waals surface area (Å²) < 4.78 is 0. The van der Waals surface area contributed by atoms with Gasteiger partial charge in [-0.1, -0.05) is 30.3 Å². The second-order valence-corrected chi connectivity index (χ2v) is 8.56. The van der Waals surface area contributed by atoms with Crippen molar-refractivity contribution in [1.29, 1.82) is 0 Å². The second-order valence-electron chi connectivity index (χ2n) is 7.84. The van der Waals surface area contributed by atoms with Gasteiger partial charge >= 0.3 is 0 Å². The number of piperidine rings is 1. The van der Waals surface area contributed by atoms with E-state index < -0.39 is 0 Å². The monoisotopic (exact) mass is 379 g/mol. The number of nitrogens with zero attached hydrogens (tertiary/aromatic N) is 4. The van der Waals surface area contributed by atoms with Crippen molar-refractivity contribution in [2.24, 2.45) is 5.92 Å². The Balaban J connectivity index is 1.32. The van der Waals surface area contributed by atoms with Crippen molar-refractivity contribution in [3.05, 3.63) is 58.7 Å². The molecule has 3 saturated heterocycles. The van der Waals surface area contributed by atoms with E-state index in [1.807, 2.05) is 11.7 Å². The van der Waals surface area contributed by atoms with E-state index in [0.29, 0.717) is 6.04 Å². The first-order chi connectivity index (χ1) is 13.3. The summed E-state index contributed by atoms with van der Waals surface area (Å²) in [5.41, 5.74) is 6.84. The van der Waals surface area contributed by atoms with E-state index in [1.165, 1.54) is 42.8 Å². The molecule has 3 aromatic rings. The minimum atomic E-state index is 0.626. The normalized spacial score (nSPS) is 23.6. The molecule has 2 atom stereocenters. The summed E-state index contributed by atoms with van der Waals surface area (Å²) in [5.74, 6) is 0.759. The van der Waals surface area contributed by atoms with E-state index in [2.05, 4.69) is 60.7 Å². The topological polar surface area (TPSA) is 48.1 Å². The van der Waals surface area contributed by atoms with Crippen LogP contribution in [0.3, 0.4) is 0 Å². The number of nitrogens with one attached hydrogen (secondary N) is 1. The highest BCUT2D eigenvalue weighted by Gasteiger charge is 2.35. The third-order valence-electron chi connectivity index (χ3n) is 5.93. The first-order valence-corrected chi connectivity index (χ1v) is 10.7. The highest BCUT2D eigenvalue weighted by Crippen LogP contribution is 2.31. The number of benzene rings is 1. The van der Waals surface area contributed by atoms with Crippen molar-refractivity contribution in [1.82, 2.24) is 25.0 Å². The lowest BCUT2D eigenvalue weighted by Crippen LogP contribution is -2.43. The third-order valence-corrected chi connectivity index (χ3v) is 6.56. The van der Waals surface area contributed by atoms with Gasteiger partial charge in [0, 0.05) is 49.7 Å². The van der Waals surface area contributed by atoms with Gasteiger partial charge in [0.15, 0.2) is 0 Å². The van der Waals surface area contributed by atoms with Gasteiger partial charge in [0.05, 0.1) is 23.1 Å². The molecule has 6 rings (SSSR count). The Bertz CT molecular complexity index is 860. The Kier molecular flexibility index (Phi) is 4.78. The Hall–Kier alpha value is -2.02. The molecule has 2 bridgehead atoms. The van der Waals surface area contributed by atoms with Crippen molar-refractivity contribution in [3.8, 4) is 11.3 Å². The molecule has 0 spiro atoms. The predicted octanol–water partition coefficient (Wildman–Crippen LogP) is 3.63. The van der Waals surface area contributed by atoms with Crippen molar-refractivity contribution in [3.63, 3.8) is 0 Å². The van der Waals surface area contributed by atoms with Crippen LogP contribution in [0.4, 0.5) is 0 Å². The smallest absolute Gasteiger partial charge is 0.0795 e. The highest BCUT2D eigenvalue weighted by atomic mass is 32.1. The molecule has 0 amide bonds. The van der Waals surface area contributed by atoms with Gasteiger partial charge in [-0.2, -0.15) is 5.10 Å². The number of fused-ring (bicyclic) bond motifs is 4. The Morgan fingerprint density at radius 1 is 1.07 bits per heavy atom. The van der Waals surface area contributed by atoms with E-state index in [-0.39, 0.29) is 0 Å². The zero-order valence-electron chi connectivity index (χ0n) is 15.4. The maximum Gasteiger partial charge on any atom is 0.0795 e. The Morgan fingerprint density at radius 3 is 2.85 bits per heavy atom. The maximum atomic E-state index is 4.49. The number of rotatable bonds is 5. The molecule has 0 saturated carbocycles. The van der Waals surface area contributed by atoms with Crippen LogP contribution in [0.25, 0.3) is 11.3 Å². The van der Waals surface area contributed by atoms with Crippen LogP contribution in [0.5, 0.6) is 0 Å². The number of aromatic nitrogens is 3. The molecule has 27 heavy (non-hydrogen) atoms. The zero-order chi connectivity index (χ0) is 18.1. The average Bonchev–Trinajstić information content (AvgIpc) is 3.29. The molecule has 0 unspecified atom stereocenters. The van der Waals surface area contributed by atoms with Crippen LogP contribution in [0.2, 0.25) is 0 Å². The van der Waals surface area contributed by atoms with Gasteiger partial charge in [0.2, 0.25) is 0 Å². The molecule has 3 aliphatic heterocycles. The van der Waals surface area contributed by atoms with Gasteiger partial charge in [-0.3, -0.25) is 14.9 Å². The lowest BCUT2D eigenvalue weighted by Gasteiger charge is -2.36. The van der Waals surface area contributed by atoms with Crippen molar-refractivity contribution in [2.45, 2.75) is 32.0 Å². The number of hydrogen-bond donors (Lipinski definition) is 1. The molecule has 0 radical (unpaired) electrons. The first-order valence-electron chi connectivity index (χ1n) is 9.76. The summed E-state index contributed by atoms with van der Waals surface area (Å²) in [6, 6.07) is 11.2. The summed E-state index contributed by atoms with van der Waals surface area (Å²) in [6.07, 6.45) is 4.66. The van der Waals surface area contributed by atoms with Gasteiger partial charge in [-0.05, 0) is 24.3 Å². The fraction of sp³-hybridized carbons (Fsp3) is 0.429. The predicted molar refractivity (Wildman–Crippen MR) is 108 cm³/mol. The van der Waals surface area contributed by atoms with Crippen molar-refractivity contribution in [2.75, 3.05) is 19.6 Å². The number of hydrogen-bond acceptors (Lipinski definition) is 5. The van der Waals surface area contributed by atoms with Crippen LogP contribution in [0, 0.1) is 5.92 Å². The lowest BCUT2D eigenvalue weighted by atomic mass is 9.94. The van der Waals surface area contributed by atoms with Crippen molar-refractivity contribution < 1.29 is 0 Å². The average molecular weight is 380 g/mol. The van der Waals surface area contributed by atoms with Crippen LogP contribution >= 0.6 is 11.3 Å². The van der Waals surface area contributed by atoms with E-state index in [4.69, 9.17) is 0 Å². The van der Waals surface area contributed by atoms with Gasteiger partial charge in [0.25, 0.3) is 0 Å². The van der Waals surface area contributed by atoms with Gasteiger partial charge in [-0.15, -0.1) is 11.3 Å². The standard InChI is InChI=1S/C21H25N5S/c1-2-4-17(5-3-1)21-18(8-23-24-21)11-26-10-16-6-7-20(26)13-25(9-16)12-19-14-27-15-22-19/h1-5,8,14-16,20H,6-7,9-13H2,(H,23,24)/t16-,20+/m0/s1. The fourth-order valence-electron chi connectivity index (χ4n) is 4.65. The number of thiazole rings is 1. The van der Waals surface area contributed by atoms with Crippen LogP contribution in [-0.4, -0.2) is 50.7 Å². The van der Waals surface area contributed by atoms with Crippen molar-refractivity contribution >= 4 is 11.3 Å². The number of H-pyrrole nitrogens is 1. The van der Waals surface area contributed by atoms with Crippen LogP contribution in [0.1, 0.15) is 24.1 Å². The maximum absolute atomic E-state index is 4.49. The molecule has 2 aromatic heterocycles. The largest absolute Gasteiger partial charge is 0.296 e. The number of aromatic amines is 1. The SMILES string of the molecule is c1ccc(-c2[nH]ncc2CN2C[C@H]3CC[C@@H]2CN(Cc2cscn2)C3)cc1. The molecule has 1 N–H and O–H groups in total. The summed E-state index contributed by atoms with van der Waals surface area (Å²) in [6.45, 7) is 5.50. The summed E-state index contributed by atoms with van der Waals surface area (Å²) in [4.78, 5) is 9.79. The Labute approximate surface area is 164 Å². The lowest BCUT2D eigenvalue weighted by molar-refractivity contribution is 0.123. The van der Waals surface area contributed by atoms with Gasteiger partial charge in [-0.25, -0.2) is 4.98 Å². The Morgan fingerprint density at radius 2 is 2.00 bits per heavy atom.